The second-order valence-electron chi connectivity index (χ2n) is 7.52. The maximum absolute atomic E-state index is 12.6. The smallest absolute Gasteiger partial charge is 0.339 e. The Labute approximate surface area is 203 Å². The van der Waals surface area contributed by atoms with Crippen LogP contribution in [0.1, 0.15) is 37.0 Å². The van der Waals surface area contributed by atoms with Crippen molar-refractivity contribution in [3.8, 4) is 11.5 Å². The lowest BCUT2D eigenvalue weighted by atomic mass is 10.2. The van der Waals surface area contributed by atoms with E-state index < -0.39 is 18.5 Å². The van der Waals surface area contributed by atoms with E-state index in [4.69, 9.17) is 14.2 Å². The molecule has 182 valence electrons. The molecule has 0 aromatic heterocycles. The minimum absolute atomic E-state index is 0.0619. The molecule has 1 aliphatic rings. The minimum Gasteiger partial charge on any atom is -0.490 e. The number of nitrogens with one attached hydrogen (secondary N) is 1. The summed E-state index contributed by atoms with van der Waals surface area (Å²) in [5.74, 6) is 0.333. The van der Waals surface area contributed by atoms with Gasteiger partial charge in [-0.1, -0.05) is 12.1 Å². The molecule has 0 radical (unpaired) electrons. The first-order chi connectivity index (χ1) is 16.5. The zero-order valence-corrected chi connectivity index (χ0v) is 20.3. The molecule has 1 heterocycles. The summed E-state index contributed by atoms with van der Waals surface area (Å²) in [4.78, 5) is 39.8. The van der Waals surface area contributed by atoms with Gasteiger partial charge in [-0.3, -0.25) is 9.59 Å². The summed E-state index contributed by atoms with van der Waals surface area (Å²) in [5.41, 5.74) is 0.832. The van der Waals surface area contributed by atoms with Gasteiger partial charge in [-0.05, 0) is 51.0 Å². The van der Waals surface area contributed by atoms with Crippen LogP contribution in [0.5, 0.6) is 11.5 Å². The number of rotatable bonds is 11. The first kappa shape index (κ1) is 25.4. The molecule has 9 heteroatoms. The van der Waals surface area contributed by atoms with Crippen LogP contribution < -0.4 is 14.8 Å². The molecule has 0 bridgehead atoms. The van der Waals surface area contributed by atoms with E-state index in [0.29, 0.717) is 40.9 Å². The highest BCUT2D eigenvalue weighted by Crippen LogP contribution is 2.30. The minimum atomic E-state index is -0.617. The van der Waals surface area contributed by atoms with Crippen molar-refractivity contribution in [2.75, 3.05) is 44.0 Å². The highest BCUT2D eigenvalue weighted by atomic mass is 32.2. The van der Waals surface area contributed by atoms with Gasteiger partial charge in [0.2, 0.25) is 5.91 Å². The number of esters is 1. The number of thioether (sulfide) groups is 1. The van der Waals surface area contributed by atoms with E-state index in [1.807, 2.05) is 18.7 Å². The van der Waals surface area contributed by atoms with Gasteiger partial charge in [-0.15, -0.1) is 11.8 Å². The summed E-state index contributed by atoms with van der Waals surface area (Å²) in [6.45, 7) is 5.82. The first-order valence-corrected chi connectivity index (χ1v) is 12.4. The molecule has 0 unspecified atom stereocenters. The molecule has 8 nitrogen and oxygen atoms in total. The molecule has 2 aromatic carbocycles. The molecule has 1 fully saturated rings. The van der Waals surface area contributed by atoms with Gasteiger partial charge in [0, 0.05) is 29.7 Å². The Morgan fingerprint density at radius 2 is 1.68 bits per heavy atom. The van der Waals surface area contributed by atoms with Gasteiger partial charge in [0.1, 0.15) is 0 Å². The molecule has 1 saturated heterocycles. The van der Waals surface area contributed by atoms with Crippen LogP contribution in [-0.4, -0.2) is 61.3 Å². The molecular weight excluding hydrogens is 456 g/mol. The summed E-state index contributed by atoms with van der Waals surface area (Å²) < 4.78 is 16.3. The van der Waals surface area contributed by atoms with Crippen LogP contribution in [-0.2, 0) is 14.3 Å². The molecule has 0 atom stereocenters. The fraction of sp³-hybridized carbons (Fsp3) is 0.400. The Kier molecular flexibility index (Phi) is 9.63. The number of hydrogen-bond donors (Lipinski definition) is 1. The van der Waals surface area contributed by atoms with E-state index >= 15 is 0 Å². The molecule has 0 aliphatic carbocycles. The Morgan fingerprint density at radius 1 is 0.971 bits per heavy atom. The standard InChI is InChI=1S/C25H30N2O6S/c1-3-31-20-12-11-18(15-21(20)32-4-2)26-23(28)16-33-25(30)19-9-5-6-10-22(19)34-17-24(29)27-13-7-8-14-27/h5-6,9-12,15H,3-4,7-8,13-14,16-17H2,1-2H3,(H,26,28). The molecule has 1 aliphatic heterocycles. The normalized spacial score (nSPS) is 12.8. The maximum atomic E-state index is 12.6. The third-order valence-corrected chi connectivity index (χ3v) is 6.14. The number of likely N-dealkylation sites (tertiary alicyclic amines) is 1. The van der Waals surface area contributed by atoms with Crippen molar-refractivity contribution in [1.82, 2.24) is 4.90 Å². The number of amides is 2. The number of nitrogens with zero attached hydrogens (tertiary/aromatic N) is 1. The van der Waals surface area contributed by atoms with Crippen LogP contribution in [0, 0.1) is 0 Å². The molecule has 3 rings (SSSR count). The number of hydrogen-bond acceptors (Lipinski definition) is 7. The topological polar surface area (TPSA) is 94.2 Å². The monoisotopic (exact) mass is 486 g/mol. The van der Waals surface area contributed by atoms with E-state index in [0.717, 1.165) is 25.9 Å². The molecule has 2 amide bonds. The van der Waals surface area contributed by atoms with Crippen molar-refractivity contribution in [2.45, 2.75) is 31.6 Å². The number of anilines is 1. The SMILES string of the molecule is CCOc1ccc(NC(=O)COC(=O)c2ccccc2SCC(=O)N2CCCC2)cc1OCC. The van der Waals surface area contributed by atoms with Crippen LogP contribution in [0.4, 0.5) is 5.69 Å². The van der Waals surface area contributed by atoms with E-state index in [-0.39, 0.29) is 11.7 Å². The van der Waals surface area contributed by atoms with E-state index in [9.17, 15) is 14.4 Å². The van der Waals surface area contributed by atoms with Gasteiger partial charge in [0.25, 0.3) is 5.91 Å². The highest BCUT2D eigenvalue weighted by Gasteiger charge is 2.20. The Morgan fingerprint density at radius 3 is 2.41 bits per heavy atom. The van der Waals surface area contributed by atoms with E-state index in [1.54, 1.807) is 42.5 Å². The Bertz CT molecular complexity index is 1010. The van der Waals surface area contributed by atoms with Crippen molar-refractivity contribution in [3.63, 3.8) is 0 Å². The predicted molar refractivity (Wildman–Crippen MR) is 131 cm³/mol. The third-order valence-electron chi connectivity index (χ3n) is 5.08. The Balaban J connectivity index is 1.54. The van der Waals surface area contributed by atoms with Crippen molar-refractivity contribution < 1.29 is 28.6 Å². The van der Waals surface area contributed by atoms with Gasteiger partial charge in [-0.25, -0.2) is 4.79 Å². The number of benzene rings is 2. The van der Waals surface area contributed by atoms with Gasteiger partial charge in [0.05, 0.1) is 24.5 Å². The van der Waals surface area contributed by atoms with Crippen LogP contribution in [0.3, 0.4) is 0 Å². The van der Waals surface area contributed by atoms with Gasteiger partial charge in [-0.2, -0.15) is 0 Å². The summed E-state index contributed by atoms with van der Waals surface area (Å²) in [5, 5.41) is 2.70. The summed E-state index contributed by atoms with van der Waals surface area (Å²) in [6, 6.07) is 12.0. The first-order valence-electron chi connectivity index (χ1n) is 11.4. The average molecular weight is 487 g/mol. The largest absolute Gasteiger partial charge is 0.490 e. The maximum Gasteiger partial charge on any atom is 0.339 e. The summed E-state index contributed by atoms with van der Waals surface area (Å²) >= 11 is 1.30. The summed E-state index contributed by atoms with van der Waals surface area (Å²) in [7, 11) is 0. The quantitative estimate of drug-likeness (QED) is 0.379. The molecule has 0 spiro atoms. The van der Waals surface area contributed by atoms with Crippen LogP contribution >= 0.6 is 11.8 Å². The number of ether oxygens (including phenoxy) is 3. The lowest BCUT2D eigenvalue weighted by molar-refractivity contribution is -0.127. The lowest BCUT2D eigenvalue weighted by Crippen LogP contribution is -2.29. The van der Waals surface area contributed by atoms with Gasteiger partial charge >= 0.3 is 5.97 Å². The fourth-order valence-corrected chi connectivity index (χ4v) is 4.44. The third kappa shape index (κ3) is 7.15. The second kappa shape index (κ2) is 12.9. The van der Waals surface area contributed by atoms with Crippen LogP contribution in [0.2, 0.25) is 0 Å². The average Bonchev–Trinajstić information content (AvgIpc) is 3.38. The molecule has 1 N–H and O–H groups in total. The Hall–Kier alpha value is -3.20. The van der Waals surface area contributed by atoms with Crippen molar-refractivity contribution in [1.29, 1.82) is 0 Å². The van der Waals surface area contributed by atoms with E-state index in [2.05, 4.69) is 5.32 Å². The number of carbonyl (C=O) groups is 3. The van der Waals surface area contributed by atoms with Crippen molar-refractivity contribution in [2.24, 2.45) is 0 Å². The molecular formula is C25H30N2O6S. The predicted octanol–water partition coefficient (Wildman–Crippen LogP) is 3.99. The van der Waals surface area contributed by atoms with E-state index in [1.165, 1.54) is 11.8 Å². The zero-order chi connectivity index (χ0) is 24.3. The van der Waals surface area contributed by atoms with Crippen LogP contribution in [0.15, 0.2) is 47.4 Å². The second-order valence-corrected chi connectivity index (χ2v) is 8.54. The lowest BCUT2D eigenvalue weighted by Gasteiger charge is -2.15. The van der Waals surface area contributed by atoms with Crippen molar-refractivity contribution in [3.05, 3.63) is 48.0 Å². The zero-order valence-electron chi connectivity index (χ0n) is 19.5. The fourth-order valence-electron chi connectivity index (χ4n) is 3.49. The van der Waals surface area contributed by atoms with Gasteiger partial charge in [0.15, 0.2) is 18.1 Å². The number of carbonyl (C=O) groups excluding carboxylic acids is 3. The van der Waals surface area contributed by atoms with Gasteiger partial charge < -0.3 is 24.4 Å². The van der Waals surface area contributed by atoms with Crippen LogP contribution in [0.25, 0.3) is 0 Å². The molecule has 2 aromatic rings. The summed E-state index contributed by atoms with van der Waals surface area (Å²) in [6.07, 6.45) is 2.07. The molecule has 34 heavy (non-hydrogen) atoms. The van der Waals surface area contributed by atoms with Crippen molar-refractivity contribution >= 4 is 35.2 Å². The highest BCUT2D eigenvalue weighted by molar-refractivity contribution is 8.00. The molecule has 0 saturated carbocycles.